The van der Waals surface area contributed by atoms with E-state index in [9.17, 15) is 0 Å². The molecule has 1 aromatic heterocycles. The summed E-state index contributed by atoms with van der Waals surface area (Å²) >= 11 is 5.92. The number of nitrogens with two attached hydrogens (primary N) is 1. The Morgan fingerprint density at radius 3 is 2.82 bits per heavy atom. The molecule has 2 fully saturated rings. The molecule has 0 amide bonds. The Bertz CT molecular complexity index is 472. The SMILES string of the molecule is Nc1nc(Cl)cc(NC[C@H]([C@@H]2CCOC2)N2CCOCC2)n1. The minimum Gasteiger partial charge on any atom is -0.381 e. The number of hydrogen-bond acceptors (Lipinski definition) is 7. The number of hydrogen-bond donors (Lipinski definition) is 2. The molecule has 0 unspecified atom stereocenters. The minimum absolute atomic E-state index is 0.183. The molecule has 3 heterocycles. The van der Waals surface area contributed by atoms with Crippen LogP contribution in [-0.2, 0) is 9.47 Å². The van der Waals surface area contributed by atoms with E-state index in [0.29, 0.717) is 22.9 Å². The Morgan fingerprint density at radius 2 is 2.14 bits per heavy atom. The van der Waals surface area contributed by atoms with Gasteiger partial charge in [0.1, 0.15) is 11.0 Å². The number of nitrogens with zero attached hydrogens (tertiary/aromatic N) is 3. The molecular weight excluding hydrogens is 306 g/mol. The normalized spacial score (nSPS) is 24.3. The standard InChI is InChI=1S/C14H22ClN5O2/c15-12-7-13(19-14(16)18-12)17-8-11(10-1-4-22-9-10)20-2-5-21-6-3-20/h7,10-11H,1-6,8-9H2,(H3,16,17,18,19)/t10-,11-/m1/s1. The van der Waals surface area contributed by atoms with Crippen LogP contribution in [0.2, 0.25) is 5.15 Å². The minimum atomic E-state index is 0.183. The van der Waals surface area contributed by atoms with Crippen molar-refractivity contribution in [3.8, 4) is 0 Å². The predicted octanol–water partition coefficient (Wildman–Crippen LogP) is 0.861. The number of nitrogen functional groups attached to an aromatic ring is 1. The second-order valence-corrected chi connectivity index (χ2v) is 6.04. The molecule has 8 heteroatoms. The third-order valence-corrected chi connectivity index (χ3v) is 4.42. The molecule has 0 saturated carbocycles. The first-order chi connectivity index (χ1) is 10.7. The summed E-state index contributed by atoms with van der Waals surface area (Å²) < 4.78 is 11.0. The fourth-order valence-corrected chi connectivity index (χ4v) is 3.28. The van der Waals surface area contributed by atoms with Gasteiger partial charge in [-0.1, -0.05) is 11.6 Å². The smallest absolute Gasteiger partial charge is 0.223 e. The lowest BCUT2D eigenvalue weighted by atomic mass is 9.97. The van der Waals surface area contributed by atoms with Gasteiger partial charge in [-0.25, -0.2) is 4.98 Å². The molecule has 3 N–H and O–H groups in total. The van der Waals surface area contributed by atoms with Gasteiger partial charge in [-0.15, -0.1) is 0 Å². The summed E-state index contributed by atoms with van der Waals surface area (Å²) in [6, 6.07) is 2.08. The van der Waals surface area contributed by atoms with E-state index >= 15 is 0 Å². The molecular formula is C14H22ClN5O2. The van der Waals surface area contributed by atoms with Crippen LogP contribution < -0.4 is 11.1 Å². The van der Waals surface area contributed by atoms with Crippen molar-refractivity contribution >= 4 is 23.4 Å². The fourth-order valence-electron chi connectivity index (χ4n) is 3.09. The number of halogens is 1. The van der Waals surface area contributed by atoms with Gasteiger partial charge in [0.25, 0.3) is 0 Å². The lowest BCUT2D eigenvalue weighted by Gasteiger charge is -2.37. The summed E-state index contributed by atoms with van der Waals surface area (Å²) in [7, 11) is 0. The highest BCUT2D eigenvalue weighted by atomic mass is 35.5. The number of nitrogens with one attached hydrogen (secondary N) is 1. The topological polar surface area (TPSA) is 85.5 Å². The first-order valence-electron chi connectivity index (χ1n) is 7.66. The van der Waals surface area contributed by atoms with Crippen molar-refractivity contribution in [3.63, 3.8) is 0 Å². The van der Waals surface area contributed by atoms with Gasteiger partial charge in [0.05, 0.1) is 19.8 Å². The second kappa shape index (κ2) is 7.41. The fraction of sp³-hybridized carbons (Fsp3) is 0.714. The van der Waals surface area contributed by atoms with Crippen LogP contribution >= 0.6 is 11.6 Å². The van der Waals surface area contributed by atoms with E-state index in [1.165, 1.54) is 0 Å². The van der Waals surface area contributed by atoms with E-state index in [4.69, 9.17) is 26.8 Å². The quantitative estimate of drug-likeness (QED) is 0.776. The maximum absolute atomic E-state index is 5.92. The molecule has 0 aromatic carbocycles. The summed E-state index contributed by atoms with van der Waals surface area (Å²) in [5.74, 6) is 1.37. The summed E-state index contributed by atoms with van der Waals surface area (Å²) in [5.41, 5.74) is 5.64. The van der Waals surface area contributed by atoms with Crippen molar-refractivity contribution in [2.75, 3.05) is 57.1 Å². The summed E-state index contributed by atoms with van der Waals surface area (Å²) in [6.07, 6.45) is 1.09. The number of morpholine rings is 1. The Morgan fingerprint density at radius 1 is 1.32 bits per heavy atom. The van der Waals surface area contributed by atoms with Gasteiger partial charge in [0.2, 0.25) is 5.95 Å². The van der Waals surface area contributed by atoms with Crippen molar-refractivity contribution < 1.29 is 9.47 Å². The van der Waals surface area contributed by atoms with Gasteiger partial charge < -0.3 is 20.5 Å². The Hall–Kier alpha value is -1.15. The lowest BCUT2D eigenvalue weighted by Crippen LogP contribution is -2.50. The van der Waals surface area contributed by atoms with Crippen molar-refractivity contribution in [2.45, 2.75) is 12.5 Å². The summed E-state index contributed by atoms with van der Waals surface area (Å²) in [5, 5.41) is 3.70. The second-order valence-electron chi connectivity index (χ2n) is 5.65. The summed E-state index contributed by atoms with van der Waals surface area (Å²) in [4.78, 5) is 10.5. The Balaban J connectivity index is 1.66. The largest absolute Gasteiger partial charge is 0.381 e. The number of rotatable bonds is 5. The molecule has 2 atom stereocenters. The van der Waals surface area contributed by atoms with E-state index < -0.39 is 0 Å². The number of anilines is 2. The van der Waals surface area contributed by atoms with Gasteiger partial charge >= 0.3 is 0 Å². The molecule has 2 aliphatic heterocycles. The zero-order valence-electron chi connectivity index (χ0n) is 12.5. The highest BCUT2D eigenvalue weighted by Gasteiger charge is 2.31. The van der Waals surface area contributed by atoms with Crippen LogP contribution in [0.1, 0.15) is 6.42 Å². The van der Waals surface area contributed by atoms with E-state index in [2.05, 4.69) is 20.2 Å². The van der Waals surface area contributed by atoms with E-state index in [1.807, 2.05) is 0 Å². The van der Waals surface area contributed by atoms with Crippen LogP contribution in [0.25, 0.3) is 0 Å². The van der Waals surface area contributed by atoms with Gasteiger partial charge in [0, 0.05) is 44.3 Å². The van der Waals surface area contributed by atoms with Crippen LogP contribution in [0.5, 0.6) is 0 Å². The zero-order chi connectivity index (χ0) is 15.4. The maximum atomic E-state index is 5.92. The first kappa shape index (κ1) is 15.7. The molecule has 2 saturated heterocycles. The average Bonchev–Trinajstić information content (AvgIpc) is 3.02. The molecule has 2 aliphatic rings. The van der Waals surface area contributed by atoms with Crippen LogP contribution in [-0.4, -0.2) is 67.0 Å². The van der Waals surface area contributed by atoms with Crippen LogP contribution in [0.15, 0.2) is 6.07 Å². The number of ether oxygens (including phenoxy) is 2. The van der Waals surface area contributed by atoms with Crippen LogP contribution in [0, 0.1) is 5.92 Å². The van der Waals surface area contributed by atoms with Gasteiger partial charge in [-0.05, 0) is 6.42 Å². The van der Waals surface area contributed by atoms with E-state index in [1.54, 1.807) is 6.07 Å². The molecule has 7 nitrogen and oxygen atoms in total. The van der Waals surface area contributed by atoms with Crippen molar-refractivity contribution in [1.82, 2.24) is 14.9 Å². The highest BCUT2D eigenvalue weighted by Crippen LogP contribution is 2.23. The molecule has 122 valence electrons. The summed E-state index contributed by atoms with van der Waals surface area (Å²) in [6.45, 7) is 5.92. The molecule has 22 heavy (non-hydrogen) atoms. The molecule has 0 spiro atoms. The Kier molecular flexibility index (Phi) is 5.30. The maximum Gasteiger partial charge on any atom is 0.223 e. The van der Waals surface area contributed by atoms with Gasteiger partial charge in [-0.3, -0.25) is 4.90 Å². The average molecular weight is 328 g/mol. The van der Waals surface area contributed by atoms with Crippen molar-refractivity contribution in [2.24, 2.45) is 5.92 Å². The van der Waals surface area contributed by atoms with Crippen LogP contribution in [0.4, 0.5) is 11.8 Å². The van der Waals surface area contributed by atoms with Gasteiger partial charge in [-0.2, -0.15) is 4.98 Å². The Labute approximate surface area is 135 Å². The molecule has 0 radical (unpaired) electrons. The van der Waals surface area contributed by atoms with Gasteiger partial charge in [0.15, 0.2) is 0 Å². The molecule has 3 rings (SSSR count). The zero-order valence-corrected chi connectivity index (χ0v) is 13.3. The third kappa shape index (κ3) is 3.98. The van der Waals surface area contributed by atoms with Crippen LogP contribution in [0.3, 0.4) is 0 Å². The third-order valence-electron chi connectivity index (χ3n) is 4.23. The molecule has 1 aromatic rings. The van der Waals surface area contributed by atoms with Crippen molar-refractivity contribution in [3.05, 3.63) is 11.2 Å². The first-order valence-corrected chi connectivity index (χ1v) is 8.03. The predicted molar refractivity (Wildman–Crippen MR) is 85.1 cm³/mol. The molecule has 0 bridgehead atoms. The monoisotopic (exact) mass is 327 g/mol. The molecule has 0 aliphatic carbocycles. The lowest BCUT2D eigenvalue weighted by molar-refractivity contribution is 0.00460. The van der Waals surface area contributed by atoms with E-state index in [0.717, 1.165) is 52.5 Å². The van der Waals surface area contributed by atoms with Crippen molar-refractivity contribution in [1.29, 1.82) is 0 Å². The number of aromatic nitrogens is 2. The van der Waals surface area contributed by atoms with E-state index in [-0.39, 0.29) is 5.95 Å². The highest BCUT2D eigenvalue weighted by molar-refractivity contribution is 6.29.